The number of carbonyl (C=O) groups is 1. The van der Waals surface area contributed by atoms with Crippen molar-refractivity contribution in [2.24, 2.45) is 0 Å². The maximum absolute atomic E-state index is 12.7. The maximum atomic E-state index is 12.7. The average molecular weight is 436 g/mol. The van der Waals surface area contributed by atoms with E-state index in [2.05, 4.69) is 16.8 Å². The first-order valence-electron chi connectivity index (χ1n) is 9.62. The summed E-state index contributed by atoms with van der Waals surface area (Å²) < 4.78 is 32.5. The second kappa shape index (κ2) is 10.1. The highest BCUT2D eigenvalue weighted by molar-refractivity contribution is 7.99. The Labute approximate surface area is 175 Å². The minimum absolute atomic E-state index is 0.00877. The SMILES string of the molecule is C=CCn1c(CS(=O)(=O)c2ccccc2)nnc1SCC(=O)OC1CCCCC1. The number of thioether (sulfide) groups is 1. The number of carbonyl (C=O) groups excluding carboxylic acids is 1. The third-order valence-electron chi connectivity index (χ3n) is 4.70. The van der Waals surface area contributed by atoms with Gasteiger partial charge in [-0.15, -0.1) is 16.8 Å². The zero-order chi connectivity index (χ0) is 20.7. The number of benzene rings is 1. The fraction of sp³-hybridized carbons (Fsp3) is 0.450. The van der Waals surface area contributed by atoms with Gasteiger partial charge in [-0.05, 0) is 37.8 Å². The van der Waals surface area contributed by atoms with Crippen LogP contribution in [0, 0.1) is 0 Å². The Balaban J connectivity index is 1.66. The molecule has 1 aromatic heterocycles. The molecule has 3 rings (SSSR count). The molecule has 0 radical (unpaired) electrons. The largest absolute Gasteiger partial charge is 0.462 e. The quantitative estimate of drug-likeness (QED) is 0.339. The first-order chi connectivity index (χ1) is 14.0. The van der Waals surface area contributed by atoms with E-state index in [1.54, 1.807) is 41.0 Å². The number of rotatable bonds is 9. The highest BCUT2D eigenvalue weighted by Gasteiger charge is 2.22. The van der Waals surface area contributed by atoms with Crippen molar-refractivity contribution < 1.29 is 17.9 Å². The Morgan fingerprint density at radius 1 is 1.21 bits per heavy atom. The number of sulfone groups is 1. The van der Waals surface area contributed by atoms with E-state index < -0.39 is 9.84 Å². The van der Waals surface area contributed by atoms with Gasteiger partial charge in [-0.25, -0.2) is 8.42 Å². The van der Waals surface area contributed by atoms with Gasteiger partial charge in [-0.2, -0.15) is 0 Å². The molecule has 0 bridgehead atoms. The van der Waals surface area contributed by atoms with Crippen molar-refractivity contribution in [2.75, 3.05) is 5.75 Å². The summed E-state index contributed by atoms with van der Waals surface area (Å²) in [6.45, 7) is 4.07. The molecule has 1 aliphatic rings. The number of aromatic nitrogens is 3. The molecule has 0 amide bonds. The topological polar surface area (TPSA) is 91.1 Å². The zero-order valence-corrected chi connectivity index (χ0v) is 17.8. The van der Waals surface area contributed by atoms with Crippen molar-refractivity contribution in [2.45, 2.75) is 60.6 Å². The monoisotopic (exact) mass is 435 g/mol. The lowest BCUT2D eigenvalue weighted by Gasteiger charge is -2.21. The van der Waals surface area contributed by atoms with Crippen LogP contribution < -0.4 is 0 Å². The summed E-state index contributed by atoms with van der Waals surface area (Å²) in [4.78, 5) is 12.4. The van der Waals surface area contributed by atoms with Crippen molar-refractivity contribution in [3.8, 4) is 0 Å². The summed E-state index contributed by atoms with van der Waals surface area (Å²) in [5.74, 6) is -0.132. The molecule has 0 spiro atoms. The van der Waals surface area contributed by atoms with Crippen molar-refractivity contribution in [3.63, 3.8) is 0 Å². The van der Waals surface area contributed by atoms with Crippen molar-refractivity contribution in [1.82, 2.24) is 14.8 Å². The summed E-state index contributed by atoms with van der Waals surface area (Å²) in [6, 6.07) is 8.24. The molecule has 1 fully saturated rings. The van der Waals surface area contributed by atoms with Crippen LogP contribution in [0.1, 0.15) is 37.9 Å². The predicted molar refractivity (Wildman–Crippen MR) is 111 cm³/mol. The molecule has 156 valence electrons. The normalized spacial score (nSPS) is 15.2. The Hall–Kier alpha value is -2.13. The molecule has 2 aromatic rings. The predicted octanol–water partition coefficient (Wildman–Crippen LogP) is 3.41. The van der Waals surface area contributed by atoms with Crippen LogP contribution in [0.2, 0.25) is 0 Å². The molecule has 1 saturated carbocycles. The van der Waals surface area contributed by atoms with E-state index in [0.717, 1.165) is 25.7 Å². The van der Waals surface area contributed by atoms with Crippen LogP contribution in [0.25, 0.3) is 0 Å². The highest BCUT2D eigenvalue weighted by Crippen LogP contribution is 2.23. The Kier molecular flexibility index (Phi) is 7.49. The molecular weight excluding hydrogens is 410 g/mol. The lowest BCUT2D eigenvalue weighted by molar-refractivity contribution is -0.147. The molecule has 1 aliphatic carbocycles. The van der Waals surface area contributed by atoms with E-state index in [9.17, 15) is 13.2 Å². The number of hydrogen-bond donors (Lipinski definition) is 0. The van der Waals surface area contributed by atoms with Crippen LogP contribution >= 0.6 is 11.8 Å². The minimum atomic E-state index is -3.55. The van der Waals surface area contributed by atoms with E-state index >= 15 is 0 Å². The Bertz CT molecular complexity index is 936. The van der Waals surface area contributed by atoms with Gasteiger partial charge in [0.2, 0.25) is 0 Å². The minimum Gasteiger partial charge on any atom is -0.462 e. The molecular formula is C20H25N3O4S2. The van der Waals surface area contributed by atoms with Gasteiger partial charge in [0.25, 0.3) is 0 Å². The van der Waals surface area contributed by atoms with E-state index in [-0.39, 0.29) is 28.5 Å². The van der Waals surface area contributed by atoms with Gasteiger partial charge in [0.15, 0.2) is 15.0 Å². The lowest BCUT2D eigenvalue weighted by Crippen LogP contribution is -2.22. The fourth-order valence-electron chi connectivity index (χ4n) is 3.25. The number of allylic oxidation sites excluding steroid dienone is 1. The maximum Gasteiger partial charge on any atom is 0.316 e. The van der Waals surface area contributed by atoms with Gasteiger partial charge >= 0.3 is 5.97 Å². The summed E-state index contributed by atoms with van der Waals surface area (Å²) in [7, 11) is -3.55. The summed E-state index contributed by atoms with van der Waals surface area (Å²) >= 11 is 1.20. The van der Waals surface area contributed by atoms with E-state index in [1.807, 2.05) is 0 Å². The lowest BCUT2D eigenvalue weighted by atomic mass is 9.98. The molecule has 0 atom stereocenters. The fourth-order valence-corrected chi connectivity index (χ4v) is 5.29. The summed E-state index contributed by atoms with van der Waals surface area (Å²) in [6.07, 6.45) is 6.88. The van der Waals surface area contributed by atoms with Crippen LogP contribution in [-0.2, 0) is 31.7 Å². The first-order valence-corrected chi connectivity index (χ1v) is 12.3. The smallest absolute Gasteiger partial charge is 0.316 e. The summed E-state index contributed by atoms with van der Waals surface area (Å²) in [5.41, 5.74) is 0. The van der Waals surface area contributed by atoms with E-state index in [0.29, 0.717) is 17.5 Å². The molecule has 0 aliphatic heterocycles. The second-order valence-corrected chi connectivity index (χ2v) is 9.84. The van der Waals surface area contributed by atoms with E-state index in [1.165, 1.54) is 18.2 Å². The third kappa shape index (κ3) is 5.93. The molecule has 0 unspecified atom stereocenters. The zero-order valence-electron chi connectivity index (χ0n) is 16.2. The first kappa shape index (κ1) is 21.6. The molecule has 0 saturated heterocycles. The van der Waals surface area contributed by atoms with Gasteiger partial charge in [0.1, 0.15) is 17.7 Å². The van der Waals surface area contributed by atoms with Crippen LogP contribution in [0.4, 0.5) is 0 Å². The summed E-state index contributed by atoms with van der Waals surface area (Å²) in [5, 5.41) is 8.62. The molecule has 29 heavy (non-hydrogen) atoms. The van der Waals surface area contributed by atoms with Gasteiger partial charge in [0, 0.05) is 6.54 Å². The molecule has 0 N–H and O–H groups in total. The van der Waals surface area contributed by atoms with Crippen LogP contribution in [0.3, 0.4) is 0 Å². The second-order valence-electron chi connectivity index (χ2n) is 6.91. The molecule has 1 aromatic carbocycles. The third-order valence-corrected chi connectivity index (χ3v) is 7.26. The van der Waals surface area contributed by atoms with Crippen LogP contribution in [0.5, 0.6) is 0 Å². The number of nitrogens with zero attached hydrogens (tertiary/aromatic N) is 3. The molecule has 9 heteroatoms. The van der Waals surface area contributed by atoms with Crippen LogP contribution in [-0.4, -0.2) is 41.0 Å². The van der Waals surface area contributed by atoms with Crippen LogP contribution in [0.15, 0.2) is 53.0 Å². The van der Waals surface area contributed by atoms with Crippen molar-refractivity contribution in [1.29, 1.82) is 0 Å². The molecule has 1 heterocycles. The molecule has 7 nitrogen and oxygen atoms in total. The Morgan fingerprint density at radius 3 is 2.62 bits per heavy atom. The van der Waals surface area contributed by atoms with Gasteiger partial charge in [0.05, 0.1) is 10.6 Å². The van der Waals surface area contributed by atoms with E-state index in [4.69, 9.17) is 4.74 Å². The average Bonchev–Trinajstić information content (AvgIpc) is 3.09. The standard InChI is InChI=1S/C20H25N3O4S2/c1-2-13-23-18(15-29(25,26)17-11-7-4-8-12-17)21-22-20(23)28-14-19(24)27-16-9-5-3-6-10-16/h2,4,7-8,11-12,16H,1,3,5-6,9-10,13-15H2. The Morgan fingerprint density at radius 2 is 1.93 bits per heavy atom. The highest BCUT2D eigenvalue weighted by atomic mass is 32.2. The van der Waals surface area contributed by atoms with Crippen molar-refractivity contribution >= 4 is 27.6 Å². The number of hydrogen-bond acceptors (Lipinski definition) is 7. The number of ether oxygens (including phenoxy) is 1. The van der Waals surface area contributed by atoms with Crippen molar-refractivity contribution in [3.05, 3.63) is 48.8 Å². The van der Waals surface area contributed by atoms with Gasteiger partial charge < -0.3 is 9.30 Å². The van der Waals surface area contributed by atoms with Gasteiger partial charge in [-0.1, -0.05) is 42.5 Å². The number of esters is 1. The van der Waals surface area contributed by atoms with Gasteiger partial charge in [-0.3, -0.25) is 4.79 Å².